The summed E-state index contributed by atoms with van der Waals surface area (Å²) in [6, 6.07) is -1.69. The lowest BCUT2D eigenvalue weighted by molar-refractivity contribution is -0.140. The average molecular weight is 268 g/mol. The van der Waals surface area contributed by atoms with Crippen molar-refractivity contribution in [3.05, 3.63) is 18.2 Å². The highest BCUT2D eigenvalue weighted by atomic mass is 16.4. The van der Waals surface area contributed by atoms with Crippen molar-refractivity contribution in [3.63, 3.8) is 0 Å². The summed E-state index contributed by atoms with van der Waals surface area (Å²) >= 11 is 0. The topological polar surface area (TPSA) is 107 Å². The fraction of sp³-hybridized carbons (Fsp3) is 0.583. The van der Waals surface area contributed by atoms with E-state index < -0.39 is 18.0 Å². The van der Waals surface area contributed by atoms with Crippen LogP contribution in [0.3, 0.4) is 0 Å². The molecule has 7 nitrogen and oxygen atoms in total. The summed E-state index contributed by atoms with van der Waals surface area (Å²) in [5.41, 5.74) is 0. The van der Waals surface area contributed by atoms with Gasteiger partial charge in [0, 0.05) is 12.4 Å². The molecule has 1 unspecified atom stereocenters. The number of carboxylic acids is 1. The summed E-state index contributed by atoms with van der Waals surface area (Å²) < 4.78 is 0. The molecule has 4 N–H and O–H groups in total. The van der Waals surface area contributed by atoms with E-state index in [1.807, 2.05) is 6.92 Å². The molecule has 1 heterocycles. The number of nitrogens with zero attached hydrogens (tertiary/aromatic N) is 1. The van der Waals surface area contributed by atoms with Crippen molar-refractivity contribution >= 4 is 12.0 Å². The van der Waals surface area contributed by atoms with Crippen LogP contribution in [0, 0.1) is 5.92 Å². The van der Waals surface area contributed by atoms with Crippen LogP contribution in [0.4, 0.5) is 4.79 Å². The number of imidazole rings is 1. The van der Waals surface area contributed by atoms with Crippen LogP contribution in [0.25, 0.3) is 0 Å². The molecule has 0 aliphatic heterocycles. The highest BCUT2D eigenvalue weighted by Gasteiger charge is 2.24. The van der Waals surface area contributed by atoms with Crippen molar-refractivity contribution in [1.29, 1.82) is 0 Å². The van der Waals surface area contributed by atoms with Crippen LogP contribution in [-0.2, 0) is 4.79 Å². The van der Waals surface area contributed by atoms with E-state index in [2.05, 4.69) is 20.6 Å². The van der Waals surface area contributed by atoms with Crippen LogP contribution in [-0.4, -0.2) is 33.1 Å². The van der Waals surface area contributed by atoms with Gasteiger partial charge in [0.15, 0.2) is 0 Å². The number of aromatic nitrogens is 2. The number of carbonyl (C=O) groups is 2. The largest absolute Gasteiger partial charge is 0.480 e. The first-order valence-electron chi connectivity index (χ1n) is 6.24. The molecule has 2 amide bonds. The van der Waals surface area contributed by atoms with Crippen LogP contribution in [0.2, 0.25) is 0 Å². The number of hydrogen-bond donors (Lipinski definition) is 4. The smallest absolute Gasteiger partial charge is 0.326 e. The van der Waals surface area contributed by atoms with Crippen molar-refractivity contribution < 1.29 is 14.7 Å². The first kappa shape index (κ1) is 15.0. The zero-order chi connectivity index (χ0) is 14.4. The van der Waals surface area contributed by atoms with Crippen molar-refractivity contribution in [2.75, 3.05) is 0 Å². The fourth-order valence-electron chi connectivity index (χ4n) is 1.69. The Balaban J connectivity index is 2.61. The van der Waals surface area contributed by atoms with E-state index in [1.165, 1.54) is 0 Å². The monoisotopic (exact) mass is 268 g/mol. The second kappa shape index (κ2) is 6.77. The minimum absolute atomic E-state index is 0.188. The number of carboxylic acid groups (broad SMARTS) is 1. The van der Waals surface area contributed by atoms with Crippen molar-refractivity contribution in [3.8, 4) is 0 Å². The highest BCUT2D eigenvalue weighted by Crippen LogP contribution is 2.11. The Hall–Kier alpha value is -2.05. The molecule has 1 aromatic rings. The molecule has 19 heavy (non-hydrogen) atoms. The Bertz CT molecular complexity index is 417. The number of aromatic amines is 1. The Morgan fingerprint density at radius 3 is 2.53 bits per heavy atom. The van der Waals surface area contributed by atoms with Gasteiger partial charge in [0.25, 0.3) is 0 Å². The maximum absolute atomic E-state index is 11.8. The van der Waals surface area contributed by atoms with Crippen LogP contribution in [0.15, 0.2) is 12.4 Å². The van der Waals surface area contributed by atoms with Gasteiger partial charge in [0.05, 0.1) is 6.04 Å². The third-order valence-electron chi connectivity index (χ3n) is 2.78. The molecule has 0 fully saturated rings. The van der Waals surface area contributed by atoms with Gasteiger partial charge in [-0.25, -0.2) is 14.6 Å². The molecule has 2 atom stereocenters. The predicted molar refractivity (Wildman–Crippen MR) is 69.5 cm³/mol. The standard InChI is InChI=1S/C12H20N4O3/c1-4-8(10-13-5-6-14-10)15-12(19)16-9(7(2)3)11(17)18/h5-9H,4H2,1-3H3,(H,13,14)(H,17,18)(H2,15,16,19)/t8?,9-/m1/s1. The minimum atomic E-state index is -1.05. The average Bonchev–Trinajstić information content (AvgIpc) is 2.85. The van der Waals surface area contributed by atoms with Crippen LogP contribution < -0.4 is 10.6 Å². The minimum Gasteiger partial charge on any atom is -0.480 e. The molecular weight excluding hydrogens is 248 g/mol. The van der Waals surface area contributed by atoms with Crippen molar-refractivity contribution in [2.45, 2.75) is 39.3 Å². The molecule has 0 bridgehead atoms. The van der Waals surface area contributed by atoms with Crippen LogP contribution >= 0.6 is 0 Å². The van der Waals surface area contributed by atoms with Crippen molar-refractivity contribution in [1.82, 2.24) is 20.6 Å². The summed E-state index contributed by atoms with van der Waals surface area (Å²) in [5.74, 6) is -0.586. The summed E-state index contributed by atoms with van der Waals surface area (Å²) in [6.07, 6.45) is 3.93. The van der Waals surface area contributed by atoms with E-state index in [0.29, 0.717) is 12.2 Å². The number of urea groups is 1. The zero-order valence-electron chi connectivity index (χ0n) is 11.3. The van der Waals surface area contributed by atoms with Gasteiger partial charge in [-0.2, -0.15) is 0 Å². The predicted octanol–water partition coefficient (Wildman–Crippen LogP) is 1.27. The molecule has 0 saturated carbocycles. The van der Waals surface area contributed by atoms with Crippen LogP contribution in [0.1, 0.15) is 39.1 Å². The maximum Gasteiger partial charge on any atom is 0.326 e. The third-order valence-corrected chi connectivity index (χ3v) is 2.78. The van der Waals surface area contributed by atoms with E-state index >= 15 is 0 Å². The molecule has 1 aromatic heterocycles. The Morgan fingerprint density at radius 1 is 1.42 bits per heavy atom. The lowest BCUT2D eigenvalue weighted by Crippen LogP contribution is -2.49. The second-order valence-corrected chi connectivity index (χ2v) is 4.61. The number of nitrogens with one attached hydrogen (secondary N) is 3. The zero-order valence-corrected chi connectivity index (χ0v) is 11.3. The van der Waals surface area contributed by atoms with Gasteiger partial charge in [0.2, 0.25) is 0 Å². The number of rotatable bonds is 6. The number of H-pyrrole nitrogens is 1. The van der Waals surface area contributed by atoms with Gasteiger partial charge >= 0.3 is 12.0 Å². The molecular formula is C12H20N4O3. The SMILES string of the molecule is CCC(NC(=O)N[C@@H](C(=O)O)C(C)C)c1ncc[nH]1. The molecule has 7 heteroatoms. The molecule has 0 aromatic carbocycles. The summed E-state index contributed by atoms with van der Waals surface area (Å²) in [4.78, 5) is 29.8. The van der Waals surface area contributed by atoms with E-state index in [9.17, 15) is 9.59 Å². The van der Waals surface area contributed by atoms with E-state index in [-0.39, 0.29) is 12.0 Å². The van der Waals surface area contributed by atoms with Crippen molar-refractivity contribution in [2.24, 2.45) is 5.92 Å². The van der Waals surface area contributed by atoms with E-state index in [1.54, 1.807) is 26.2 Å². The first-order valence-corrected chi connectivity index (χ1v) is 6.24. The summed E-state index contributed by atoms with van der Waals surface area (Å²) in [5, 5.41) is 14.2. The first-order chi connectivity index (χ1) is 8.95. The Morgan fingerprint density at radius 2 is 2.11 bits per heavy atom. The Labute approximate surface area is 111 Å². The number of amides is 2. The number of carbonyl (C=O) groups excluding carboxylic acids is 1. The lowest BCUT2D eigenvalue weighted by Gasteiger charge is -2.21. The van der Waals surface area contributed by atoms with Crippen LogP contribution in [0.5, 0.6) is 0 Å². The quantitative estimate of drug-likeness (QED) is 0.623. The lowest BCUT2D eigenvalue weighted by atomic mass is 10.1. The van der Waals surface area contributed by atoms with E-state index in [0.717, 1.165) is 0 Å². The number of hydrogen-bond acceptors (Lipinski definition) is 3. The van der Waals surface area contributed by atoms with Gasteiger partial charge in [-0.15, -0.1) is 0 Å². The molecule has 0 aliphatic rings. The highest BCUT2D eigenvalue weighted by molar-refractivity contribution is 5.82. The van der Waals surface area contributed by atoms with Gasteiger partial charge in [-0.3, -0.25) is 0 Å². The summed E-state index contributed by atoms with van der Waals surface area (Å²) in [6.45, 7) is 5.39. The Kier molecular flexibility index (Phi) is 5.35. The third kappa shape index (κ3) is 4.27. The summed E-state index contributed by atoms with van der Waals surface area (Å²) in [7, 11) is 0. The van der Waals surface area contributed by atoms with E-state index in [4.69, 9.17) is 5.11 Å². The number of aliphatic carboxylic acids is 1. The second-order valence-electron chi connectivity index (χ2n) is 4.61. The molecule has 0 spiro atoms. The molecule has 0 aliphatic carbocycles. The molecule has 0 radical (unpaired) electrons. The molecule has 1 rings (SSSR count). The molecule has 0 saturated heterocycles. The maximum atomic E-state index is 11.8. The van der Waals surface area contributed by atoms with Gasteiger partial charge in [0.1, 0.15) is 11.9 Å². The normalized spacial score (nSPS) is 13.9. The van der Waals surface area contributed by atoms with Gasteiger partial charge < -0.3 is 20.7 Å². The van der Waals surface area contributed by atoms with Gasteiger partial charge in [-0.05, 0) is 12.3 Å². The van der Waals surface area contributed by atoms with Gasteiger partial charge in [-0.1, -0.05) is 20.8 Å². The molecule has 106 valence electrons. The fourth-order valence-corrected chi connectivity index (χ4v) is 1.69.